The van der Waals surface area contributed by atoms with Crippen molar-refractivity contribution in [3.05, 3.63) is 65.7 Å². The molecule has 112 valence electrons. The normalized spacial score (nSPS) is 9.90. The van der Waals surface area contributed by atoms with Crippen LogP contribution in [0.15, 0.2) is 54.6 Å². The van der Waals surface area contributed by atoms with Gasteiger partial charge in [0.25, 0.3) is 0 Å². The zero-order valence-corrected chi connectivity index (χ0v) is 12.7. The van der Waals surface area contributed by atoms with Gasteiger partial charge in [-0.2, -0.15) is 0 Å². The van der Waals surface area contributed by atoms with E-state index in [1.54, 1.807) is 14.2 Å². The Hall–Kier alpha value is -2.26. The van der Waals surface area contributed by atoms with Crippen molar-refractivity contribution in [3.8, 4) is 11.5 Å². The van der Waals surface area contributed by atoms with Gasteiger partial charge in [0, 0.05) is 0 Å². The molecule has 0 aliphatic carbocycles. The maximum atomic E-state index is 8.66. The van der Waals surface area contributed by atoms with Crippen LogP contribution in [-0.2, 0) is 6.61 Å². The first-order valence-electron chi connectivity index (χ1n) is 6.74. The molecule has 0 fully saturated rings. The minimum absolute atomic E-state index is 0.0873. The summed E-state index contributed by atoms with van der Waals surface area (Å²) in [5, 5.41) is 8.66. The smallest absolute Gasteiger partial charge is 0.118 e. The lowest BCUT2D eigenvalue weighted by molar-refractivity contribution is 0.281. The van der Waals surface area contributed by atoms with Gasteiger partial charge in [0.15, 0.2) is 0 Å². The Morgan fingerprint density at radius 1 is 0.857 bits per heavy atom. The van der Waals surface area contributed by atoms with Crippen LogP contribution in [0.4, 0.5) is 0 Å². The quantitative estimate of drug-likeness (QED) is 0.926. The molecule has 0 saturated heterocycles. The number of rotatable bonds is 4. The molecule has 0 aliphatic heterocycles. The first-order chi connectivity index (χ1) is 10.2. The first kappa shape index (κ1) is 16.8. The summed E-state index contributed by atoms with van der Waals surface area (Å²) < 4.78 is 9.96. The molecule has 0 saturated carbocycles. The molecule has 21 heavy (non-hydrogen) atoms. The standard InChI is InChI=1S/C10H12O.C8H10O2/c1-3-4-9-5-7-10(11-2)8-6-9;1-10-8-4-2-7(6-9)3-5-8/h3-8H,1-2H3;2-5,9H,6H2,1H3/b4-3+;. The van der Waals surface area contributed by atoms with Crippen LogP contribution in [-0.4, -0.2) is 19.3 Å². The summed E-state index contributed by atoms with van der Waals surface area (Å²) in [5.74, 6) is 1.72. The summed E-state index contributed by atoms with van der Waals surface area (Å²) in [4.78, 5) is 0. The van der Waals surface area contributed by atoms with E-state index in [1.807, 2.05) is 61.5 Å². The van der Waals surface area contributed by atoms with Gasteiger partial charge >= 0.3 is 0 Å². The van der Waals surface area contributed by atoms with Gasteiger partial charge in [-0.25, -0.2) is 0 Å². The highest BCUT2D eigenvalue weighted by molar-refractivity contribution is 5.50. The Morgan fingerprint density at radius 2 is 1.33 bits per heavy atom. The second-order valence-electron chi connectivity index (χ2n) is 4.28. The number of benzene rings is 2. The third-order valence-electron chi connectivity index (χ3n) is 2.82. The van der Waals surface area contributed by atoms with Crippen LogP contribution in [0.25, 0.3) is 6.08 Å². The molecule has 0 aliphatic rings. The van der Waals surface area contributed by atoms with Crippen molar-refractivity contribution < 1.29 is 14.6 Å². The summed E-state index contributed by atoms with van der Waals surface area (Å²) in [6, 6.07) is 15.3. The molecule has 1 N–H and O–H groups in total. The highest BCUT2D eigenvalue weighted by atomic mass is 16.5. The summed E-state index contributed by atoms with van der Waals surface area (Å²) in [5.41, 5.74) is 2.11. The fourth-order valence-electron chi connectivity index (χ4n) is 1.64. The van der Waals surface area contributed by atoms with Crippen LogP contribution >= 0.6 is 0 Å². The predicted molar refractivity (Wildman–Crippen MR) is 86.6 cm³/mol. The van der Waals surface area contributed by atoms with Gasteiger partial charge in [-0.05, 0) is 42.3 Å². The van der Waals surface area contributed by atoms with E-state index < -0.39 is 0 Å². The fourth-order valence-corrected chi connectivity index (χ4v) is 1.64. The molecule has 3 heteroatoms. The Labute approximate surface area is 126 Å². The number of hydrogen-bond acceptors (Lipinski definition) is 3. The Kier molecular flexibility index (Phi) is 7.69. The number of ether oxygens (including phenoxy) is 2. The molecule has 0 heterocycles. The molecule has 2 aromatic carbocycles. The van der Waals surface area contributed by atoms with Crippen molar-refractivity contribution in [2.45, 2.75) is 13.5 Å². The van der Waals surface area contributed by atoms with Gasteiger partial charge < -0.3 is 14.6 Å². The van der Waals surface area contributed by atoms with Crippen molar-refractivity contribution in [3.63, 3.8) is 0 Å². The molecular weight excluding hydrogens is 264 g/mol. The summed E-state index contributed by atoms with van der Waals surface area (Å²) >= 11 is 0. The minimum atomic E-state index is 0.0873. The molecule has 0 atom stereocenters. The lowest BCUT2D eigenvalue weighted by Gasteiger charge is -1.98. The zero-order chi connectivity index (χ0) is 15.5. The molecule has 3 nitrogen and oxygen atoms in total. The van der Waals surface area contributed by atoms with Gasteiger partial charge in [-0.15, -0.1) is 0 Å². The second-order valence-corrected chi connectivity index (χ2v) is 4.28. The molecule has 0 bridgehead atoms. The molecule has 2 rings (SSSR count). The van der Waals surface area contributed by atoms with Gasteiger partial charge in [0.2, 0.25) is 0 Å². The average molecular weight is 286 g/mol. The van der Waals surface area contributed by atoms with Crippen molar-refractivity contribution >= 4 is 6.08 Å². The SMILES string of the molecule is C/C=C/c1ccc(OC)cc1.COc1ccc(CO)cc1. The van der Waals surface area contributed by atoms with Crippen LogP contribution in [0.1, 0.15) is 18.1 Å². The molecule has 0 amide bonds. The van der Waals surface area contributed by atoms with E-state index in [1.165, 1.54) is 5.56 Å². The number of aliphatic hydroxyl groups excluding tert-OH is 1. The average Bonchev–Trinajstić information content (AvgIpc) is 2.56. The number of aliphatic hydroxyl groups is 1. The largest absolute Gasteiger partial charge is 0.497 e. The van der Waals surface area contributed by atoms with Crippen LogP contribution in [0, 0.1) is 0 Å². The Balaban J connectivity index is 0.000000211. The van der Waals surface area contributed by atoms with E-state index in [-0.39, 0.29) is 6.61 Å². The predicted octanol–water partition coefficient (Wildman–Crippen LogP) is 3.92. The molecule has 0 radical (unpaired) electrons. The maximum absolute atomic E-state index is 8.66. The number of methoxy groups -OCH3 is 2. The zero-order valence-electron chi connectivity index (χ0n) is 12.7. The van der Waals surface area contributed by atoms with E-state index >= 15 is 0 Å². The van der Waals surface area contributed by atoms with Gasteiger partial charge in [-0.3, -0.25) is 0 Å². The highest BCUT2D eigenvalue weighted by Crippen LogP contribution is 2.12. The van der Waals surface area contributed by atoms with Crippen LogP contribution in [0.2, 0.25) is 0 Å². The monoisotopic (exact) mass is 286 g/mol. The second kappa shape index (κ2) is 9.61. The van der Waals surface area contributed by atoms with Gasteiger partial charge in [0.1, 0.15) is 11.5 Å². The Morgan fingerprint density at radius 3 is 1.71 bits per heavy atom. The van der Waals surface area contributed by atoms with Crippen molar-refractivity contribution in [2.75, 3.05) is 14.2 Å². The molecule has 0 aromatic heterocycles. The topological polar surface area (TPSA) is 38.7 Å². The van der Waals surface area contributed by atoms with E-state index in [9.17, 15) is 0 Å². The van der Waals surface area contributed by atoms with Gasteiger partial charge in [-0.1, -0.05) is 36.4 Å². The van der Waals surface area contributed by atoms with Crippen molar-refractivity contribution in [1.29, 1.82) is 0 Å². The van der Waals surface area contributed by atoms with Crippen LogP contribution in [0.5, 0.6) is 11.5 Å². The molecular formula is C18H22O3. The van der Waals surface area contributed by atoms with E-state index in [2.05, 4.69) is 6.08 Å². The minimum Gasteiger partial charge on any atom is -0.497 e. The molecule has 0 unspecified atom stereocenters. The lowest BCUT2D eigenvalue weighted by Crippen LogP contribution is -1.84. The van der Waals surface area contributed by atoms with Crippen molar-refractivity contribution in [2.24, 2.45) is 0 Å². The summed E-state index contributed by atoms with van der Waals surface area (Å²) in [6.45, 7) is 2.09. The molecule has 0 spiro atoms. The first-order valence-corrected chi connectivity index (χ1v) is 6.74. The summed E-state index contributed by atoms with van der Waals surface area (Å²) in [6.07, 6.45) is 4.07. The number of hydrogen-bond donors (Lipinski definition) is 1. The fraction of sp³-hybridized carbons (Fsp3) is 0.222. The maximum Gasteiger partial charge on any atom is 0.118 e. The lowest BCUT2D eigenvalue weighted by atomic mass is 10.2. The third-order valence-corrected chi connectivity index (χ3v) is 2.82. The van der Waals surface area contributed by atoms with Crippen molar-refractivity contribution in [1.82, 2.24) is 0 Å². The van der Waals surface area contributed by atoms with Crippen LogP contribution in [0.3, 0.4) is 0 Å². The van der Waals surface area contributed by atoms with Crippen LogP contribution < -0.4 is 9.47 Å². The Bertz CT molecular complexity index is 504. The molecule has 2 aromatic rings. The highest BCUT2D eigenvalue weighted by Gasteiger charge is 1.90. The van der Waals surface area contributed by atoms with E-state index in [0.29, 0.717) is 0 Å². The van der Waals surface area contributed by atoms with E-state index in [4.69, 9.17) is 14.6 Å². The number of allylic oxidation sites excluding steroid dienone is 1. The van der Waals surface area contributed by atoms with Gasteiger partial charge in [0.05, 0.1) is 20.8 Å². The third kappa shape index (κ3) is 6.15. The summed E-state index contributed by atoms with van der Waals surface area (Å²) in [7, 11) is 3.29. The van der Waals surface area contributed by atoms with E-state index in [0.717, 1.165) is 17.1 Å².